The molecular formula is C46H86N2O7. The molecule has 9 nitrogen and oxygen atoms in total. The maximum absolute atomic E-state index is 12.8. The van der Waals surface area contributed by atoms with Gasteiger partial charge in [-0.25, -0.2) is 4.79 Å². The average molecular weight is 779 g/mol. The molecule has 2 atom stereocenters. The fourth-order valence-corrected chi connectivity index (χ4v) is 6.95. The van der Waals surface area contributed by atoms with Gasteiger partial charge in [0, 0.05) is 12.8 Å². The number of carbonyl (C=O) groups excluding carboxylic acids is 3. The molecule has 0 radical (unpaired) electrons. The Kier molecular flexibility index (Phi) is 39.4. The topological polar surface area (TPSA) is 142 Å². The second-order valence-electron chi connectivity index (χ2n) is 15.8. The molecule has 0 aliphatic rings. The number of hydrogen-bond donors (Lipinski definition) is 4. The third-order valence-corrected chi connectivity index (χ3v) is 10.5. The molecule has 0 aromatic heterocycles. The first-order valence-corrected chi connectivity index (χ1v) is 23.1. The van der Waals surface area contributed by atoms with E-state index in [1.54, 1.807) is 0 Å². The van der Waals surface area contributed by atoms with E-state index in [0.29, 0.717) is 19.3 Å². The largest absolute Gasteiger partial charge is 0.480 e. The predicted octanol–water partition coefficient (Wildman–Crippen LogP) is 11.4. The smallest absolute Gasteiger partial charge is 0.328 e. The molecule has 0 saturated carbocycles. The van der Waals surface area contributed by atoms with E-state index in [2.05, 4.69) is 36.6 Å². The third-order valence-electron chi connectivity index (χ3n) is 10.5. The van der Waals surface area contributed by atoms with Crippen molar-refractivity contribution in [3.05, 3.63) is 12.2 Å². The number of ether oxygens (including phenoxy) is 1. The van der Waals surface area contributed by atoms with Crippen LogP contribution in [0.25, 0.3) is 0 Å². The van der Waals surface area contributed by atoms with Gasteiger partial charge in [-0.05, 0) is 64.2 Å². The quantitative estimate of drug-likeness (QED) is 0.0274. The van der Waals surface area contributed by atoms with Crippen LogP contribution in [-0.2, 0) is 23.9 Å². The molecule has 0 aromatic rings. The zero-order valence-corrected chi connectivity index (χ0v) is 35.7. The average Bonchev–Trinajstić information content (AvgIpc) is 3.17. The lowest BCUT2D eigenvalue weighted by molar-refractivity contribution is -0.150. The van der Waals surface area contributed by atoms with Crippen molar-refractivity contribution in [1.82, 2.24) is 10.6 Å². The van der Waals surface area contributed by atoms with Gasteiger partial charge in [0.05, 0.1) is 13.2 Å². The van der Waals surface area contributed by atoms with E-state index in [0.717, 1.165) is 57.8 Å². The van der Waals surface area contributed by atoms with E-state index in [4.69, 9.17) is 14.9 Å². The van der Waals surface area contributed by atoms with Crippen molar-refractivity contribution >= 4 is 23.8 Å². The van der Waals surface area contributed by atoms with E-state index in [-0.39, 0.29) is 24.5 Å². The van der Waals surface area contributed by atoms with Gasteiger partial charge in [-0.3, -0.25) is 14.4 Å². The van der Waals surface area contributed by atoms with Crippen LogP contribution in [0.15, 0.2) is 12.2 Å². The number of amides is 2. The Balaban J connectivity index is 4.12. The maximum Gasteiger partial charge on any atom is 0.328 e. The lowest BCUT2D eigenvalue weighted by atomic mass is 10.0. The molecule has 322 valence electrons. The first-order valence-electron chi connectivity index (χ1n) is 23.1. The Labute approximate surface area is 337 Å². The maximum atomic E-state index is 12.8. The van der Waals surface area contributed by atoms with Crippen LogP contribution in [0.2, 0.25) is 0 Å². The monoisotopic (exact) mass is 779 g/mol. The Morgan fingerprint density at radius 3 is 1.36 bits per heavy atom. The van der Waals surface area contributed by atoms with Gasteiger partial charge < -0.3 is 25.6 Å². The van der Waals surface area contributed by atoms with Crippen LogP contribution in [0.1, 0.15) is 232 Å². The Hall–Kier alpha value is -2.42. The van der Waals surface area contributed by atoms with Crippen molar-refractivity contribution in [2.45, 2.75) is 244 Å². The van der Waals surface area contributed by atoms with Gasteiger partial charge in [-0.15, -0.1) is 0 Å². The molecule has 9 heteroatoms. The minimum absolute atomic E-state index is 0.00751. The highest BCUT2D eigenvalue weighted by Gasteiger charge is 2.19. The number of aliphatic hydroxyl groups excluding tert-OH is 1. The summed E-state index contributed by atoms with van der Waals surface area (Å²) in [4.78, 5) is 47.5. The molecule has 2 unspecified atom stereocenters. The minimum Gasteiger partial charge on any atom is -0.480 e. The lowest BCUT2D eigenvalue weighted by Crippen LogP contribution is -2.47. The fourth-order valence-electron chi connectivity index (χ4n) is 6.95. The van der Waals surface area contributed by atoms with Crippen LogP contribution in [-0.4, -0.2) is 59.3 Å². The van der Waals surface area contributed by atoms with Crippen LogP contribution < -0.4 is 10.6 Å². The van der Waals surface area contributed by atoms with E-state index in [1.807, 2.05) is 0 Å². The highest BCUT2D eigenvalue weighted by molar-refractivity contribution is 5.87. The summed E-state index contributed by atoms with van der Waals surface area (Å²) >= 11 is 0. The van der Waals surface area contributed by atoms with Crippen LogP contribution in [0.4, 0.5) is 0 Å². The van der Waals surface area contributed by atoms with Crippen LogP contribution >= 0.6 is 0 Å². The van der Waals surface area contributed by atoms with Crippen molar-refractivity contribution in [3.63, 3.8) is 0 Å². The molecule has 0 saturated heterocycles. The van der Waals surface area contributed by atoms with Crippen molar-refractivity contribution < 1.29 is 34.1 Å². The number of allylic oxidation sites excluding steroid dienone is 2. The van der Waals surface area contributed by atoms with E-state index >= 15 is 0 Å². The zero-order chi connectivity index (χ0) is 40.5. The number of unbranched alkanes of at least 4 members (excludes halogenated alkanes) is 26. The minimum atomic E-state index is -1.38. The molecule has 0 spiro atoms. The van der Waals surface area contributed by atoms with E-state index < -0.39 is 24.5 Å². The molecule has 2 amide bonds. The van der Waals surface area contributed by atoms with Crippen molar-refractivity contribution in [2.75, 3.05) is 13.2 Å². The molecule has 0 aliphatic heterocycles. The molecule has 0 fully saturated rings. The second kappa shape index (κ2) is 41.2. The fraction of sp³-hybridized carbons (Fsp3) is 0.870. The molecular weight excluding hydrogens is 693 g/mol. The number of carbonyl (C=O) groups is 4. The number of carboxylic acids is 1. The van der Waals surface area contributed by atoms with E-state index in [9.17, 15) is 19.2 Å². The van der Waals surface area contributed by atoms with Crippen molar-refractivity contribution in [1.29, 1.82) is 0 Å². The SMILES string of the molecule is CCCCCCCC/C=C\CCCCCCCCCCCC(=O)OC(CCCCCCCCCC)CCCCCCCC(=O)NCC(=O)NC(CO)C(=O)O. The number of esters is 1. The number of nitrogens with one attached hydrogen (secondary N) is 2. The summed E-state index contributed by atoms with van der Waals surface area (Å²) < 4.78 is 6.02. The number of aliphatic hydroxyl groups is 1. The van der Waals surface area contributed by atoms with E-state index in [1.165, 1.54) is 141 Å². The molecule has 0 heterocycles. The van der Waals surface area contributed by atoms with Gasteiger partial charge >= 0.3 is 11.9 Å². The Bertz CT molecular complexity index is 941. The number of hydrogen-bond acceptors (Lipinski definition) is 6. The van der Waals surface area contributed by atoms with Gasteiger partial charge in [-0.1, -0.05) is 167 Å². The summed E-state index contributed by atoms with van der Waals surface area (Å²) in [6.07, 6.45) is 43.9. The number of carboxylic acid groups (broad SMARTS) is 1. The molecule has 0 aromatic carbocycles. The zero-order valence-electron chi connectivity index (χ0n) is 35.7. The van der Waals surface area contributed by atoms with Gasteiger partial charge in [0.15, 0.2) is 0 Å². The molecule has 4 N–H and O–H groups in total. The Morgan fingerprint density at radius 2 is 0.927 bits per heavy atom. The number of aliphatic carboxylic acids is 1. The highest BCUT2D eigenvalue weighted by Crippen LogP contribution is 2.19. The first kappa shape index (κ1) is 52.6. The summed E-state index contributed by atoms with van der Waals surface area (Å²) in [5, 5.41) is 22.5. The Morgan fingerprint density at radius 1 is 0.527 bits per heavy atom. The summed E-state index contributed by atoms with van der Waals surface area (Å²) in [6.45, 7) is 3.48. The summed E-state index contributed by atoms with van der Waals surface area (Å²) in [6, 6.07) is -1.38. The van der Waals surface area contributed by atoms with Crippen LogP contribution in [0.3, 0.4) is 0 Å². The molecule has 55 heavy (non-hydrogen) atoms. The van der Waals surface area contributed by atoms with Gasteiger partial charge in [-0.2, -0.15) is 0 Å². The van der Waals surface area contributed by atoms with Gasteiger partial charge in [0.1, 0.15) is 12.1 Å². The van der Waals surface area contributed by atoms with Crippen molar-refractivity contribution in [3.8, 4) is 0 Å². The first-order chi connectivity index (χ1) is 26.8. The normalized spacial score (nSPS) is 12.5. The summed E-state index contributed by atoms with van der Waals surface area (Å²) in [7, 11) is 0. The van der Waals surface area contributed by atoms with Crippen LogP contribution in [0, 0.1) is 0 Å². The summed E-state index contributed by atoms with van der Waals surface area (Å²) in [5.41, 5.74) is 0. The second-order valence-corrected chi connectivity index (χ2v) is 15.8. The number of rotatable bonds is 42. The van der Waals surface area contributed by atoms with Crippen molar-refractivity contribution in [2.24, 2.45) is 0 Å². The predicted molar refractivity (Wildman–Crippen MR) is 227 cm³/mol. The molecule has 0 rings (SSSR count). The summed E-state index contributed by atoms with van der Waals surface area (Å²) in [5.74, 6) is -2.28. The highest BCUT2D eigenvalue weighted by atomic mass is 16.5. The van der Waals surface area contributed by atoms with Crippen LogP contribution in [0.5, 0.6) is 0 Å². The molecule has 0 bridgehead atoms. The standard InChI is InChI=1S/C46H86N2O7/c1-3-5-7-9-11-13-14-15-16-17-18-19-20-21-22-23-25-30-34-38-45(52)55-41(35-31-27-24-12-10-8-6-4-2)36-32-28-26-29-33-37-43(50)47-39-44(51)48-42(40-49)46(53)54/h15-16,41-42,49H,3-14,17-40H2,1-2H3,(H,47,50)(H,48,51)(H,53,54)/b16-15-. The molecule has 0 aliphatic carbocycles. The van der Waals surface area contributed by atoms with Gasteiger partial charge in [0.25, 0.3) is 0 Å². The lowest BCUT2D eigenvalue weighted by Gasteiger charge is -2.18. The third kappa shape index (κ3) is 38.2. The van der Waals surface area contributed by atoms with Gasteiger partial charge in [0.2, 0.25) is 11.8 Å².